The molecule has 0 aliphatic carbocycles. The predicted octanol–water partition coefficient (Wildman–Crippen LogP) is 3.18. The van der Waals surface area contributed by atoms with Gasteiger partial charge in [-0.15, -0.1) is 0 Å². The van der Waals surface area contributed by atoms with E-state index in [4.69, 9.17) is 0 Å². The van der Waals surface area contributed by atoms with Crippen molar-refractivity contribution >= 4 is 21.8 Å². The van der Waals surface area contributed by atoms with Crippen molar-refractivity contribution in [3.63, 3.8) is 0 Å². The molecule has 0 N–H and O–H groups in total. The van der Waals surface area contributed by atoms with Gasteiger partial charge in [-0.3, -0.25) is 0 Å². The second-order valence-electron chi connectivity index (χ2n) is 5.03. The van der Waals surface area contributed by atoms with Gasteiger partial charge in [-0.2, -0.15) is 11.8 Å². The predicted molar refractivity (Wildman–Crippen MR) is 81.8 cm³/mol. The van der Waals surface area contributed by atoms with Crippen LogP contribution in [0.25, 0.3) is 0 Å². The van der Waals surface area contributed by atoms with E-state index >= 15 is 0 Å². The number of nitrogens with zero attached hydrogens (tertiary/aromatic N) is 1. The topological polar surface area (TPSA) is 37.4 Å². The molecule has 2 rings (SSSR count). The molecule has 1 saturated heterocycles. The maximum absolute atomic E-state index is 13.8. The SMILES string of the molecule is CCCS(=O)(=O)N1CCSC(c2cc(F)ccc2F)CC1. The lowest BCUT2D eigenvalue weighted by Gasteiger charge is -2.19. The van der Waals surface area contributed by atoms with E-state index in [1.165, 1.54) is 22.1 Å². The minimum absolute atomic E-state index is 0.136. The smallest absolute Gasteiger partial charge is 0.212 e. The van der Waals surface area contributed by atoms with Crippen LogP contribution >= 0.6 is 11.8 Å². The van der Waals surface area contributed by atoms with Gasteiger partial charge in [0.05, 0.1) is 5.75 Å². The third-order valence-electron chi connectivity index (χ3n) is 3.46. The minimum Gasteiger partial charge on any atom is -0.212 e. The molecule has 1 unspecified atom stereocenters. The Morgan fingerprint density at radius 3 is 2.81 bits per heavy atom. The summed E-state index contributed by atoms with van der Waals surface area (Å²) in [7, 11) is -3.23. The quantitative estimate of drug-likeness (QED) is 0.848. The first-order valence-corrected chi connectivity index (χ1v) is 9.64. The van der Waals surface area contributed by atoms with E-state index in [-0.39, 0.29) is 11.0 Å². The number of sulfonamides is 1. The molecule has 118 valence electrons. The molecular weight excluding hydrogens is 316 g/mol. The molecule has 1 heterocycles. The molecule has 1 aromatic rings. The Morgan fingerprint density at radius 2 is 2.10 bits per heavy atom. The van der Waals surface area contributed by atoms with E-state index < -0.39 is 21.7 Å². The second kappa shape index (κ2) is 7.07. The number of hydrogen-bond acceptors (Lipinski definition) is 3. The van der Waals surface area contributed by atoms with Crippen LogP contribution in [-0.2, 0) is 10.0 Å². The van der Waals surface area contributed by atoms with Crippen LogP contribution in [0.4, 0.5) is 8.78 Å². The first-order valence-electron chi connectivity index (χ1n) is 6.98. The van der Waals surface area contributed by atoms with E-state index in [1.54, 1.807) is 0 Å². The average Bonchev–Trinajstić information content (AvgIpc) is 2.68. The highest BCUT2D eigenvalue weighted by Crippen LogP contribution is 2.36. The van der Waals surface area contributed by atoms with Crippen LogP contribution in [0.3, 0.4) is 0 Å². The summed E-state index contributed by atoms with van der Waals surface area (Å²) >= 11 is 1.49. The molecule has 1 atom stereocenters. The number of hydrogen-bond donors (Lipinski definition) is 0. The zero-order valence-corrected chi connectivity index (χ0v) is 13.5. The molecule has 0 amide bonds. The maximum Gasteiger partial charge on any atom is 0.214 e. The van der Waals surface area contributed by atoms with Crippen LogP contribution in [0.1, 0.15) is 30.6 Å². The summed E-state index contributed by atoms with van der Waals surface area (Å²) in [5.74, 6) is -0.175. The van der Waals surface area contributed by atoms with Crippen molar-refractivity contribution in [3.05, 3.63) is 35.4 Å². The monoisotopic (exact) mass is 335 g/mol. The van der Waals surface area contributed by atoms with E-state index in [0.29, 0.717) is 37.2 Å². The first-order chi connectivity index (χ1) is 9.94. The molecule has 21 heavy (non-hydrogen) atoms. The molecule has 0 aromatic heterocycles. The van der Waals surface area contributed by atoms with Crippen LogP contribution in [0.2, 0.25) is 0 Å². The molecule has 0 radical (unpaired) electrons. The second-order valence-corrected chi connectivity index (χ2v) is 8.43. The Labute approximate surface area is 128 Å². The van der Waals surface area contributed by atoms with Gasteiger partial charge in [0.15, 0.2) is 0 Å². The zero-order chi connectivity index (χ0) is 15.5. The summed E-state index contributed by atoms with van der Waals surface area (Å²) < 4.78 is 52.8. The van der Waals surface area contributed by atoms with Gasteiger partial charge in [-0.1, -0.05) is 6.92 Å². The fourth-order valence-corrected chi connectivity index (χ4v) is 5.31. The van der Waals surface area contributed by atoms with Crippen LogP contribution < -0.4 is 0 Å². The summed E-state index contributed by atoms with van der Waals surface area (Å²) in [5.41, 5.74) is 0.328. The highest BCUT2D eigenvalue weighted by atomic mass is 32.2. The molecule has 0 bridgehead atoms. The average molecular weight is 335 g/mol. The van der Waals surface area contributed by atoms with Crippen LogP contribution in [0.15, 0.2) is 18.2 Å². The fraction of sp³-hybridized carbons (Fsp3) is 0.571. The first kappa shape index (κ1) is 16.7. The number of thioether (sulfide) groups is 1. The zero-order valence-electron chi connectivity index (χ0n) is 11.9. The standard InChI is InChI=1S/C14H19F2NO2S2/c1-2-9-21(18,19)17-6-5-14(20-8-7-17)12-10-11(15)3-4-13(12)16/h3-4,10,14H,2,5-9H2,1H3. The van der Waals surface area contributed by atoms with Gasteiger partial charge < -0.3 is 0 Å². The van der Waals surface area contributed by atoms with Crippen LogP contribution in [0.5, 0.6) is 0 Å². The third kappa shape index (κ3) is 4.17. The lowest BCUT2D eigenvalue weighted by atomic mass is 10.1. The van der Waals surface area contributed by atoms with Gasteiger partial charge in [-0.25, -0.2) is 21.5 Å². The van der Waals surface area contributed by atoms with Gasteiger partial charge in [0.25, 0.3) is 0 Å². The lowest BCUT2D eigenvalue weighted by molar-refractivity contribution is 0.426. The third-order valence-corrected chi connectivity index (χ3v) is 6.85. The molecule has 1 fully saturated rings. The Kier molecular flexibility index (Phi) is 5.62. The molecule has 0 saturated carbocycles. The van der Waals surface area contributed by atoms with Crippen LogP contribution in [-0.4, -0.2) is 37.3 Å². The van der Waals surface area contributed by atoms with Crippen molar-refractivity contribution in [3.8, 4) is 0 Å². The highest BCUT2D eigenvalue weighted by Gasteiger charge is 2.27. The van der Waals surface area contributed by atoms with E-state index in [1.807, 2.05) is 6.92 Å². The van der Waals surface area contributed by atoms with E-state index in [0.717, 1.165) is 12.1 Å². The van der Waals surface area contributed by atoms with Crippen LogP contribution in [0, 0.1) is 11.6 Å². The van der Waals surface area contributed by atoms with Gasteiger partial charge in [-0.05, 0) is 31.0 Å². The van der Waals surface area contributed by atoms with Crippen molar-refractivity contribution in [2.24, 2.45) is 0 Å². The number of rotatable bonds is 4. The van der Waals surface area contributed by atoms with Gasteiger partial charge >= 0.3 is 0 Å². The van der Waals surface area contributed by atoms with Crippen molar-refractivity contribution in [2.45, 2.75) is 25.0 Å². The molecule has 1 aliphatic rings. The van der Waals surface area contributed by atoms with Crippen molar-refractivity contribution in [2.75, 3.05) is 24.6 Å². The summed E-state index contributed by atoms with van der Waals surface area (Å²) in [5, 5.41) is -0.206. The summed E-state index contributed by atoms with van der Waals surface area (Å²) in [6.07, 6.45) is 1.07. The Bertz CT molecular complexity index is 593. The number of benzene rings is 1. The van der Waals surface area contributed by atoms with Crippen molar-refractivity contribution in [1.29, 1.82) is 0 Å². The Balaban J connectivity index is 2.12. The molecule has 0 spiro atoms. The lowest BCUT2D eigenvalue weighted by Crippen LogP contribution is -2.34. The molecule has 1 aliphatic heterocycles. The highest BCUT2D eigenvalue weighted by molar-refractivity contribution is 7.99. The normalized spacial score (nSPS) is 21.2. The van der Waals surface area contributed by atoms with Crippen molar-refractivity contribution < 1.29 is 17.2 Å². The maximum atomic E-state index is 13.8. The van der Waals surface area contributed by atoms with Gasteiger partial charge in [0.2, 0.25) is 10.0 Å². The Morgan fingerprint density at radius 1 is 1.33 bits per heavy atom. The van der Waals surface area contributed by atoms with E-state index in [2.05, 4.69) is 0 Å². The van der Waals surface area contributed by atoms with E-state index in [9.17, 15) is 17.2 Å². The summed E-state index contributed by atoms with van der Waals surface area (Å²) in [6.45, 7) is 2.62. The minimum atomic E-state index is -3.23. The molecular formula is C14H19F2NO2S2. The van der Waals surface area contributed by atoms with Gasteiger partial charge in [0.1, 0.15) is 11.6 Å². The van der Waals surface area contributed by atoms with Gasteiger partial charge in [0, 0.05) is 29.7 Å². The number of halogens is 2. The summed E-state index contributed by atoms with van der Waals surface area (Å²) in [6, 6.07) is 3.43. The van der Waals surface area contributed by atoms with Crippen molar-refractivity contribution in [1.82, 2.24) is 4.31 Å². The molecule has 7 heteroatoms. The molecule has 3 nitrogen and oxygen atoms in total. The molecule has 1 aromatic carbocycles. The largest absolute Gasteiger partial charge is 0.214 e. The fourth-order valence-electron chi connectivity index (χ4n) is 2.43. The summed E-state index contributed by atoms with van der Waals surface area (Å²) in [4.78, 5) is 0. The Hall–Kier alpha value is -0.660.